The molecule has 20 heteroatoms. The Morgan fingerprint density at radius 1 is 0.620 bits per heavy atom. The summed E-state index contributed by atoms with van der Waals surface area (Å²) in [5.41, 5.74) is 0. The fourth-order valence-electron chi connectivity index (χ4n) is 4.04. The lowest BCUT2D eigenvalue weighted by atomic mass is 9.88. The molecule has 1 N–H and O–H groups in total. The molecule has 294 valence electrons. The number of aryl methyl sites for hydroxylation is 3. The van der Waals surface area contributed by atoms with Crippen LogP contribution in [0.4, 0.5) is 0 Å². The molecule has 50 heavy (non-hydrogen) atoms. The number of aromatic nitrogens is 6. The zero-order valence-corrected chi connectivity index (χ0v) is 32.1. The molecule has 3 aliphatic rings. The summed E-state index contributed by atoms with van der Waals surface area (Å²) >= 11 is 0. The van der Waals surface area contributed by atoms with Crippen LogP contribution in [-0.4, -0.2) is 121 Å². The number of nitrogens with one attached hydrogen (secondary N) is 1. The molecular weight excluding hydrogens is 697 g/mol. The van der Waals surface area contributed by atoms with Crippen molar-refractivity contribution in [1.82, 2.24) is 45.4 Å². The third kappa shape index (κ3) is 21.2. The molecule has 3 aromatic heterocycles. The van der Waals surface area contributed by atoms with Crippen LogP contribution in [0.5, 0.6) is 0 Å². The minimum Gasteiger partial charge on any atom is -0.366 e. The molecule has 15 nitrogen and oxygen atoms in total. The van der Waals surface area contributed by atoms with Crippen LogP contribution in [0.2, 0.25) is 20.5 Å². The summed E-state index contributed by atoms with van der Waals surface area (Å²) < 4.78 is 31.6. The first-order chi connectivity index (χ1) is 20.3. The average molecular weight is 770 g/mol. The summed E-state index contributed by atoms with van der Waals surface area (Å²) in [6.45, 7) is 18.7. The fourth-order valence-corrected chi connectivity index (χ4v) is 4.04. The van der Waals surface area contributed by atoms with E-state index >= 15 is 0 Å². The minimum absolute atomic E-state index is 0. The molecule has 0 bridgehead atoms. The van der Waals surface area contributed by atoms with Crippen molar-refractivity contribution in [3.8, 4) is 0 Å². The van der Waals surface area contributed by atoms with Gasteiger partial charge in [0.25, 0.3) is 17.7 Å². The maximum Gasteiger partial charge on any atom is 0.257 e. The van der Waals surface area contributed by atoms with Gasteiger partial charge in [0.15, 0.2) is 17.5 Å². The highest BCUT2D eigenvalue weighted by Gasteiger charge is 2.26. The lowest BCUT2D eigenvalue weighted by Crippen LogP contribution is -2.39. The van der Waals surface area contributed by atoms with Crippen LogP contribution in [0.15, 0.2) is 13.6 Å². The zero-order chi connectivity index (χ0) is 30.3. The Labute approximate surface area is 315 Å². The summed E-state index contributed by atoms with van der Waals surface area (Å²) in [5, 5.41) is 14.4. The third-order valence-electron chi connectivity index (χ3n) is 6.12. The van der Waals surface area contributed by atoms with E-state index in [0.717, 1.165) is 45.9 Å². The molecule has 6 unspecified atom stereocenters. The molecule has 3 aliphatic heterocycles. The van der Waals surface area contributed by atoms with E-state index in [2.05, 4.69) is 59.9 Å². The van der Waals surface area contributed by atoms with Gasteiger partial charge in [-0.3, -0.25) is 0 Å². The highest BCUT2D eigenvalue weighted by molar-refractivity contribution is 6.92. The molecule has 0 spiro atoms. The lowest BCUT2D eigenvalue weighted by molar-refractivity contribution is -0.0366. The van der Waals surface area contributed by atoms with Gasteiger partial charge in [-0.2, -0.15) is 44.6 Å². The van der Waals surface area contributed by atoms with Gasteiger partial charge in [0, 0.05) is 39.3 Å². The predicted octanol–water partition coefficient (Wildman–Crippen LogP) is 4.98. The van der Waals surface area contributed by atoms with Gasteiger partial charge in [0.2, 0.25) is 7.41 Å². The second-order valence-corrected chi connectivity index (χ2v) is 9.91. The van der Waals surface area contributed by atoms with Crippen LogP contribution >= 0.6 is 29.7 Å². The molecule has 6 rings (SSSR count). The maximum absolute atomic E-state index is 5.55. The van der Waals surface area contributed by atoms with Crippen molar-refractivity contribution < 1.29 is 27.8 Å². The predicted molar refractivity (Wildman–Crippen MR) is 221 cm³/mol. The van der Waals surface area contributed by atoms with Gasteiger partial charge in [-0.25, -0.2) is 0 Å². The van der Waals surface area contributed by atoms with Crippen LogP contribution in [0, 0.1) is 20.8 Å². The summed E-state index contributed by atoms with van der Waals surface area (Å²) in [4.78, 5) is 16.8. The summed E-state index contributed by atoms with van der Waals surface area (Å²) in [7, 11) is 6.11. The Morgan fingerprint density at radius 2 is 1.02 bits per heavy atom. The Kier molecular flexibility index (Phi) is 40.6. The van der Waals surface area contributed by atoms with Crippen LogP contribution < -0.4 is 5.32 Å². The Morgan fingerprint density at radius 3 is 1.38 bits per heavy atom. The van der Waals surface area contributed by atoms with E-state index in [1.807, 2.05) is 27.7 Å². The van der Waals surface area contributed by atoms with Crippen molar-refractivity contribution in [3.63, 3.8) is 0 Å². The molecule has 2 radical (unpaired) electrons. The fraction of sp³-hybridized carbons (Fsp3) is 0.800. The first-order valence-electron chi connectivity index (χ1n) is 14.2. The summed E-state index contributed by atoms with van der Waals surface area (Å²) in [5.74, 6) is 3.70. The molecular formula is C30H72B2N9O6P3. The minimum atomic E-state index is -0.0823. The smallest absolute Gasteiger partial charge is 0.257 e. The van der Waals surface area contributed by atoms with Gasteiger partial charge >= 0.3 is 0 Å². The number of rotatable bonds is 4. The third-order valence-corrected chi connectivity index (χ3v) is 6.12. The Balaban J connectivity index is -0.000000130. The average Bonchev–Trinajstić information content (AvgIpc) is 3.76. The van der Waals surface area contributed by atoms with Crippen molar-refractivity contribution >= 4 is 44.4 Å². The Hall–Kier alpha value is -1.40. The van der Waals surface area contributed by atoms with Crippen molar-refractivity contribution in [2.24, 2.45) is 0 Å². The highest BCUT2D eigenvalue weighted by atomic mass is 31.0. The summed E-state index contributed by atoms with van der Waals surface area (Å²) in [6.07, 6.45) is -0.207. The van der Waals surface area contributed by atoms with Gasteiger partial charge < -0.3 is 42.8 Å². The summed E-state index contributed by atoms with van der Waals surface area (Å²) in [6, 6.07) is 0. The first kappa shape index (κ1) is 60.7. The SMILES string of the molecule is C.C.C.C.C.C[B]C.C[B]N1CCOC(c2nc(C)no2)C1.Cc1noc(C2CN(C)CCO2)n1.Cc1noc(C2CNCCO2)n1.P.P.P. The van der Waals surface area contributed by atoms with Crippen molar-refractivity contribution in [2.75, 3.05) is 66.1 Å². The van der Waals surface area contributed by atoms with Gasteiger partial charge in [-0.1, -0.05) is 73.1 Å². The quantitative estimate of drug-likeness (QED) is 0.279. The van der Waals surface area contributed by atoms with E-state index in [1.54, 1.807) is 20.8 Å². The van der Waals surface area contributed by atoms with Crippen LogP contribution in [0.25, 0.3) is 0 Å². The molecule has 0 aliphatic carbocycles. The molecule has 0 saturated carbocycles. The molecule has 3 aromatic rings. The van der Waals surface area contributed by atoms with E-state index < -0.39 is 0 Å². The van der Waals surface area contributed by atoms with E-state index in [4.69, 9.17) is 27.8 Å². The number of morpholine rings is 3. The van der Waals surface area contributed by atoms with E-state index in [1.165, 1.54) is 0 Å². The number of hydrogen-bond donors (Lipinski definition) is 1. The van der Waals surface area contributed by atoms with Crippen molar-refractivity contribution in [2.45, 2.75) is 96.7 Å². The van der Waals surface area contributed by atoms with Gasteiger partial charge in [0.1, 0.15) is 25.6 Å². The number of ether oxygens (including phenoxy) is 3. The van der Waals surface area contributed by atoms with Gasteiger partial charge in [-0.05, 0) is 27.8 Å². The second-order valence-electron chi connectivity index (χ2n) is 9.91. The lowest BCUT2D eigenvalue weighted by Gasteiger charge is -2.29. The monoisotopic (exact) mass is 770 g/mol. The van der Waals surface area contributed by atoms with E-state index in [9.17, 15) is 0 Å². The van der Waals surface area contributed by atoms with Gasteiger partial charge in [-0.15, -0.1) is 0 Å². The molecule has 0 aromatic carbocycles. The molecule has 6 atom stereocenters. The Bertz CT molecular complexity index is 1160. The number of nitrogens with zero attached hydrogens (tertiary/aromatic N) is 8. The normalized spacial score (nSPS) is 19.2. The standard InChI is InChI=1S/C8H13BN3O2.C8H13N3O2.C7H11N3O2.C2H6B.5CH4.3H3P/c1-6-10-8(14-11-6)7-5-12(9-2)3-4-13-7;1-6-9-8(13-10-6)7-5-11(2)3-4-12-7;1-5-9-7(12-10-5)6-4-8-2-3-11-6;1-3-2;;;;;;;;/h7H,3-5H2,1-2H3;7H,3-5H2,1-2H3;6,8H,2-4H2,1H3;1-2H3;5*1H4;3*1H3. The molecule has 6 heterocycles. The number of hydrogen-bond acceptors (Lipinski definition) is 15. The highest BCUT2D eigenvalue weighted by Crippen LogP contribution is 2.20. The molecule has 3 saturated heterocycles. The largest absolute Gasteiger partial charge is 0.366 e. The van der Waals surface area contributed by atoms with Crippen molar-refractivity contribution in [1.29, 1.82) is 0 Å². The first-order valence-corrected chi connectivity index (χ1v) is 14.2. The van der Waals surface area contributed by atoms with E-state index in [-0.39, 0.29) is 85.1 Å². The van der Waals surface area contributed by atoms with E-state index in [0.29, 0.717) is 48.4 Å². The van der Waals surface area contributed by atoms with Crippen LogP contribution in [0.3, 0.4) is 0 Å². The topological polar surface area (TPSA) is 163 Å². The number of likely N-dealkylation sites (N-methyl/N-ethyl adjacent to an activating group) is 1. The molecule has 3 fully saturated rings. The maximum atomic E-state index is 5.55. The zero-order valence-electron chi connectivity index (χ0n) is 27.9. The van der Waals surface area contributed by atoms with Crippen LogP contribution in [0.1, 0.15) is 90.6 Å². The van der Waals surface area contributed by atoms with Crippen LogP contribution in [-0.2, 0) is 14.2 Å². The molecule has 0 amide bonds. The second kappa shape index (κ2) is 33.4. The van der Waals surface area contributed by atoms with Gasteiger partial charge in [0.05, 0.1) is 19.8 Å². The van der Waals surface area contributed by atoms with Crippen molar-refractivity contribution in [3.05, 3.63) is 35.1 Å².